The van der Waals surface area contributed by atoms with E-state index in [1.54, 1.807) is 12.1 Å². The fourth-order valence-corrected chi connectivity index (χ4v) is 2.00. The van der Waals surface area contributed by atoms with Crippen molar-refractivity contribution in [2.24, 2.45) is 0 Å². The van der Waals surface area contributed by atoms with E-state index in [1.165, 1.54) is 18.4 Å². The van der Waals surface area contributed by atoms with Crippen molar-refractivity contribution in [3.8, 4) is 11.5 Å². The summed E-state index contributed by atoms with van der Waals surface area (Å²) in [6.07, 6.45) is -3.10. The number of alkyl halides is 3. The van der Waals surface area contributed by atoms with Crippen molar-refractivity contribution in [2.45, 2.75) is 6.18 Å². The zero-order valence-electron chi connectivity index (χ0n) is 9.98. The van der Waals surface area contributed by atoms with Crippen LogP contribution in [0.4, 0.5) is 19.1 Å². The Kier molecular flexibility index (Phi) is 2.63. The summed E-state index contributed by atoms with van der Waals surface area (Å²) in [6, 6.07) is 6.98. The summed E-state index contributed by atoms with van der Waals surface area (Å²) in [6.45, 7) is 0. The second-order valence-corrected chi connectivity index (χ2v) is 4.11. The monoisotopic (exact) mass is 279 g/mol. The Morgan fingerprint density at radius 1 is 1.05 bits per heavy atom. The van der Waals surface area contributed by atoms with Crippen LogP contribution in [0.15, 0.2) is 41.0 Å². The Morgan fingerprint density at radius 3 is 2.50 bits per heavy atom. The number of rotatable bonds is 1. The van der Waals surface area contributed by atoms with E-state index in [0.29, 0.717) is 5.76 Å². The van der Waals surface area contributed by atoms with Crippen LogP contribution in [0.25, 0.3) is 22.4 Å². The molecule has 2 N–H and O–H groups in total. The van der Waals surface area contributed by atoms with Gasteiger partial charge in [0.1, 0.15) is 5.69 Å². The molecule has 0 saturated heterocycles. The third-order valence-corrected chi connectivity index (χ3v) is 2.80. The highest BCUT2D eigenvalue weighted by Crippen LogP contribution is 2.36. The first-order chi connectivity index (χ1) is 9.47. The maximum Gasteiger partial charge on any atom is 0.418 e. The van der Waals surface area contributed by atoms with Crippen molar-refractivity contribution in [3.63, 3.8) is 0 Å². The molecule has 4 nitrogen and oxygen atoms in total. The van der Waals surface area contributed by atoms with Crippen molar-refractivity contribution < 1.29 is 17.6 Å². The number of benzene rings is 1. The summed E-state index contributed by atoms with van der Waals surface area (Å²) in [4.78, 5) is 7.69. The van der Waals surface area contributed by atoms with Gasteiger partial charge in [-0.1, -0.05) is 12.1 Å². The van der Waals surface area contributed by atoms with Crippen molar-refractivity contribution >= 4 is 16.9 Å². The fourth-order valence-electron chi connectivity index (χ4n) is 2.00. The van der Waals surface area contributed by atoms with E-state index in [1.807, 2.05) is 0 Å². The van der Waals surface area contributed by atoms with Gasteiger partial charge in [0, 0.05) is 5.39 Å². The van der Waals surface area contributed by atoms with Crippen molar-refractivity contribution in [1.29, 1.82) is 0 Å². The minimum atomic E-state index is -4.51. The van der Waals surface area contributed by atoms with Gasteiger partial charge >= 0.3 is 6.18 Å². The van der Waals surface area contributed by atoms with Gasteiger partial charge in [0.2, 0.25) is 5.95 Å². The van der Waals surface area contributed by atoms with E-state index in [4.69, 9.17) is 10.2 Å². The molecular formula is C13H8F3N3O. The van der Waals surface area contributed by atoms with Gasteiger partial charge in [-0.05, 0) is 18.2 Å². The average Bonchev–Trinajstić information content (AvgIpc) is 2.89. The molecule has 3 rings (SSSR count). The molecule has 0 atom stereocenters. The summed E-state index contributed by atoms with van der Waals surface area (Å²) < 4.78 is 44.2. The highest BCUT2D eigenvalue weighted by atomic mass is 19.4. The largest absolute Gasteiger partial charge is 0.463 e. The van der Waals surface area contributed by atoms with Gasteiger partial charge in [0.25, 0.3) is 0 Å². The molecule has 0 amide bonds. The summed E-state index contributed by atoms with van der Waals surface area (Å²) in [5, 5.41) is 0.240. The number of nitrogens with zero attached hydrogens (tertiary/aromatic N) is 2. The Morgan fingerprint density at radius 2 is 1.85 bits per heavy atom. The minimum absolute atomic E-state index is 0.236. The molecule has 0 aliphatic heterocycles. The maximum absolute atomic E-state index is 13.0. The first-order valence-electron chi connectivity index (χ1n) is 5.64. The number of anilines is 1. The van der Waals surface area contributed by atoms with Gasteiger partial charge in [-0.3, -0.25) is 0 Å². The number of nitrogens with two attached hydrogens (primary N) is 1. The molecule has 0 saturated carbocycles. The third kappa shape index (κ3) is 1.97. The molecule has 0 unspecified atom stereocenters. The van der Waals surface area contributed by atoms with Crippen LogP contribution in [0, 0.1) is 0 Å². The minimum Gasteiger partial charge on any atom is -0.463 e. The second-order valence-electron chi connectivity index (χ2n) is 4.11. The van der Waals surface area contributed by atoms with E-state index in [0.717, 1.165) is 6.07 Å². The van der Waals surface area contributed by atoms with E-state index in [9.17, 15) is 13.2 Å². The molecule has 3 aromatic rings. The Hall–Kier alpha value is -2.57. The first-order valence-corrected chi connectivity index (χ1v) is 5.64. The number of nitrogen functional groups attached to an aromatic ring is 1. The van der Waals surface area contributed by atoms with Crippen molar-refractivity contribution in [1.82, 2.24) is 9.97 Å². The molecule has 2 aromatic heterocycles. The van der Waals surface area contributed by atoms with Crippen LogP contribution >= 0.6 is 0 Å². The predicted octanol–water partition coefficient (Wildman–Crippen LogP) is 3.49. The number of hydrogen-bond donors (Lipinski definition) is 1. The predicted molar refractivity (Wildman–Crippen MR) is 66.7 cm³/mol. The fraction of sp³-hybridized carbons (Fsp3) is 0.0769. The summed E-state index contributed by atoms with van der Waals surface area (Å²) in [7, 11) is 0. The molecule has 0 radical (unpaired) electrons. The topological polar surface area (TPSA) is 64.9 Å². The van der Waals surface area contributed by atoms with Crippen LogP contribution < -0.4 is 5.73 Å². The molecular weight excluding hydrogens is 271 g/mol. The van der Waals surface area contributed by atoms with Gasteiger partial charge in [0.05, 0.1) is 17.3 Å². The van der Waals surface area contributed by atoms with Gasteiger partial charge in [-0.15, -0.1) is 0 Å². The number of hydrogen-bond acceptors (Lipinski definition) is 4. The molecule has 0 aliphatic carbocycles. The lowest BCUT2D eigenvalue weighted by Gasteiger charge is -2.11. The van der Waals surface area contributed by atoms with Crippen LogP contribution in [-0.4, -0.2) is 9.97 Å². The summed E-state index contributed by atoms with van der Waals surface area (Å²) in [5.74, 6) is 0.101. The van der Waals surface area contributed by atoms with Crippen molar-refractivity contribution in [2.75, 3.05) is 5.73 Å². The number of aromatic nitrogens is 2. The molecule has 20 heavy (non-hydrogen) atoms. The number of fused-ring (bicyclic) bond motifs is 1. The van der Waals surface area contributed by atoms with Gasteiger partial charge in [0.15, 0.2) is 5.76 Å². The summed E-state index contributed by atoms with van der Waals surface area (Å²) in [5.41, 5.74) is 4.66. The van der Waals surface area contributed by atoms with E-state index in [-0.39, 0.29) is 22.5 Å². The number of halogens is 3. The third-order valence-electron chi connectivity index (χ3n) is 2.80. The lowest BCUT2D eigenvalue weighted by atomic mass is 10.1. The lowest BCUT2D eigenvalue weighted by molar-refractivity contribution is -0.136. The lowest BCUT2D eigenvalue weighted by Crippen LogP contribution is -2.08. The zero-order chi connectivity index (χ0) is 14.3. The molecule has 0 spiro atoms. The Bertz CT molecular complexity index is 766. The van der Waals surface area contributed by atoms with E-state index < -0.39 is 11.7 Å². The SMILES string of the molecule is Nc1nc(-c2ccco2)c2cccc(C(F)(F)F)c2n1. The maximum atomic E-state index is 13.0. The summed E-state index contributed by atoms with van der Waals surface area (Å²) >= 11 is 0. The smallest absolute Gasteiger partial charge is 0.418 e. The van der Waals surface area contributed by atoms with Gasteiger partial charge in [-0.25, -0.2) is 9.97 Å². The highest BCUT2D eigenvalue weighted by Gasteiger charge is 2.33. The molecule has 0 aliphatic rings. The van der Waals surface area contributed by atoms with Gasteiger partial charge in [-0.2, -0.15) is 13.2 Å². The highest BCUT2D eigenvalue weighted by molar-refractivity contribution is 5.93. The molecule has 0 fully saturated rings. The quantitative estimate of drug-likeness (QED) is 0.740. The molecule has 1 aromatic carbocycles. The second kappa shape index (κ2) is 4.22. The molecule has 0 bridgehead atoms. The number of furan rings is 1. The van der Waals surface area contributed by atoms with Crippen LogP contribution in [-0.2, 0) is 6.18 Å². The zero-order valence-corrected chi connectivity index (χ0v) is 9.98. The molecule has 7 heteroatoms. The average molecular weight is 279 g/mol. The van der Waals surface area contributed by atoms with Crippen LogP contribution in [0.1, 0.15) is 5.56 Å². The normalized spacial score (nSPS) is 11.9. The van der Waals surface area contributed by atoms with Crippen LogP contribution in [0.2, 0.25) is 0 Å². The van der Waals surface area contributed by atoms with E-state index in [2.05, 4.69) is 9.97 Å². The van der Waals surface area contributed by atoms with Gasteiger partial charge < -0.3 is 10.2 Å². The molecule has 102 valence electrons. The van der Waals surface area contributed by atoms with Crippen LogP contribution in [0.3, 0.4) is 0 Å². The number of para-hydroxylation sites is 1. The van der Waals surface area contributed by atoms with E-state index >= 15 is 0 Å². The van der Waals surface area contributed by atoms with Crippen molar-refractivity contribution in [3.05, 3.63) is 42.2 Å². The first kappa shape index (κ1) is 12.5. The Balaban J connectivity index is 2.39. The Labute approximate surface area is 111 Å². The van der Waals surface area contributed by atoms with Crippen LogP contribution in [0.5, 0.6) is 0 Å². The molecule has 2 heterocycles. The standard InChI is InChI=1S/C13H8F3N3O/c14-13(15,16)8-4-1-3-7-10(8)18-12(17)19-11(7)9-5-2-6-20-9/h1-6H,(H2,17,18,19).